The number of aromatic nitrogens is 2. The normalized spacial score (nSPS) is 20.7. The summed E-state index contributed by atoms with van der Waals surface area (Å²) in [6, 6.07) is 2.91. The number of carbonyl (C=O) groups excluding carboxylic acids is 2. The molecule has 2 fully saturated rings. The maximum absolute atomic E-state index is 12.0. The lowest BCUT2D eigenvalue weighted by Gasteiger charge is -2.37. The molecule has 1 N–H and O–H groups in total. The van der Waals surface area contributed by atoms with Crippen LogP contribution in [0.3, 0.4) is 0 Å². The number of carbonyl (C=O) groups is 2. The van der Waals surface area contributed by atoms with Gasteiger partial charge in [0.15, 0.2) is 0 Å². The molecule has 1 unspecified atom stereocenters. The van der Waals surface area contributed by atoms with Crippen LogP contribution in [0.4, 0.5) is 4.79 Å². The highest BCUT2D eigenvalue weighted by Gasteiger charge is 2.29. The molecule has 30 heavy (non-hydrogen) atoms. The summed E-state index contributed by atoms with van der Waals surface area (Å²) < 4.78 is 7.24. The SMILES string of the molecule is CC.CCOC(=O)N1CCCC(N2CCC(n3nccc3CNC(C)=O)CC2)CC1. The lowest BCUT2D eigenvalue weighted by atomic mass is 10.00. The third-order valence-corrected chi connectivity index (χ3v) is 5.86. The topological polar surface area (TPSA) is 79.7 Å². The van der Waals surface area contributed by atoms with Gasteiger partial charge in [-0.2, -0.15) is 5.10 Å². The molecule has 2 aliphatic rings. The van der Waals surface area contributed by atoms with E-state index in [-0.39, 0.29) is 12.0 Å². The summed E-state index contributed by atoms with van der Waals surface area (Å²) in [6.45, 7) is 12.0. The number of rotatable bonds is 5. The average molecular weight is 422 g/mol. The standard InChI is InChI=1S/C20H33N5O3.C2H6/c1-3-28-20(27)24-11-4-5-17(7-14-24)23-12-8-18(9-13-23)25-19(6-10-22-25)15-21-16(2)26;1-2/h6,10,17-18H,3-5,7-9,11-15H2,1-2H3,(H,21,26);1-2H3. The fraction of sp³-hybridized carbons (Fsp3) is 0.773. The Bertz CT molecular complexity index is 655. The van der Waals surface area contributed by atoms with E-state index < -0.39 is 0 Å². The molecule has 0 radical (unpaired) electrons. The largest absolute Gasteiger partial charge is 0.450 e. The monoisotopic (exact) mass is 421 g/mol. The van der Waals surface area contributed by atoms with Crippen LogP contribution in [-0.2, 0) is 16.1 Å². The van der Waals surface area contributed by atoms with E-state index in [1.807, 2.05) is 37.9 Å². The first-order chi connectivity index (χ1) is 14.6. The van der Waals surface area contributed by atoms with Crippen molar-refractivity contribution >= 4 is 12.0 Å². The number of piperidine rings is 1. The molecule has 0 saturated carbocycles. The van der Waals surface area contributed by atoms with Crippen LogP contribution in [0.1, 0.15) is 71.5 Å². The second-order valence-corrected chi connectivity index (χ2v) is 7.71. The Morgan fingerprint density at radius 2 is 1.80 bits per heavy atom. The minimum Gasteiger partial charge on any atom is -0.450 e. The molecular formula is C22H39N5O3. The second kappa shape index (κ2) is 12.6. The first kappa shape index (κ1) is 24.2. The molecule has 3 heterocycles. The minimum atomic E-state index is -0.174. The Morgan fingerprint density at radius 3 is 2.47 bits per heavy atom. The molecule has 8 nitrogen and oxygen atoms in total. The highest BCUT2D eigenvalue weighted by atomic mass is 16.6. The van der Waals surface area contributed by atoms with E-state index in [2.05, 4.69) is 20.0 Å². The van der Waals surface area contributed by atoms with Crippen molar-refractivity contribution in [1.29, 1.82) is 0 Å². The van der Waals surface area contributed by atoms with Crippen LogP contribution >= 0.6 is 0 Å². The predicted octanol–water partition coefficient (Wildman–Crippen LogP) is 3.19. The van der Waals surface area contributed by atoms with Crippen LogP contribution in [-0.4, -0.2) is 70.4 Å². The van der Waals surface area contributed by atoms with Gasteiger partial charge in [-0.05, 0) is 45.1 Å². The zero-order valence-corrected chi connectivity index (χ0v) is 19.1. The molecule has 1 aromatic heterocycles. The molecule has 2 amide bonds. The van der Waals surface area contributed by atoms with E-state index in [0.717, 1.165) is 64.0 Å². The van der Waals surface area contributed by atoms with Gasteiger partial charge in [0, 0.05) is 45.3 Å². The molecule has 2 aliphatic heterocycles. The van der Waals surface area contributed by atoms with Crippen molar-refractivity contribution in [2.45, 2.75) is 78.4 Å². The van der Waals surface area contributed by atoms with Crippen LogP contribution in [0.15, 0.2) is 12.3 Å². The maximum Gasteiger partial charge on any atom is 0.409 e. The number of ether oxygens (including phenoxy) is 1. The van der Waals surface area contributed by atoms with Crippen molar-refractivity contribution in [2.75, 3.05) is 32.8 Å². The molecule has 0 aliphatic carbocycles. The number of likely N-dealkylation sites (tertiary alicyclic amines) is 2. The fourth-order valence-corrected chi connectivity index (χ4v) is 4.36. The Hall–Kier alpha value is -2.09. The molecule has 8 heteroatoms. The van der Waals surface area contributed by atoms with Gasteiger partial charge in [0.05, 0.1) is 24.9 Å². The Balaban J connectivity index is 0.00000155. The molecule has 3 rings (SSSR count). The summed E-state index contributed by atoms with van der Waals surface area (Å²) >= 11 is 0. The third-order valence-electron chi connectivity index (χ3n) is 5.86. The summed E-state index contributed by atoms with van der Waals surface area (Å²) in [6.07, 6.45) is 6.95. The average Bonchev–Trinajstić information content (AvgIpc) is 3.09. The van der Waals surface area contributed by atoms with Crippen LogP contribution in [0.2, 0.25) is 0 Å². The molecule has 0 spiro atoms. The molecule has 1 aromatic rings. The van der Waals surface area contributed by atoms with Crippen LogP contribution in [0.25, 0.3) is 0 Å². The van der Waals surface area contributed by atoms with E-state index >= 15 is 0 Å². The van der Waals surface area contributed by atoms with Crippen LogP contribution in [0, 0.1) is 0 Å². The lowest BCUT2D eigenvalue weighted by molar-refractivity contribution is -0.119. The number of hydrogen-bond acceptors (Lipinski definition) is 5. The van der Waals surface area contributed by atoms with Crippen LogP contribution < -0.4 is 5.32 Å². The summed E-state index contributed by atoms with van der Waals surface area (Å²) in [5.74, 6) is -0.0206. The van der Waals surface area contributed by atoms with Gasteiger partial charge in [-0.3, -0.25) is 9.48 Å². The molecular weight excluding hydrogens is 382 g/mol. The van der Waals surface area contributed by atoms with E-state index in [1.165, 1.54) is 6.92 Å². The van der Waals surface area contributed by atoms with Crippen molar-refractivity contribution < 1.29 is 14.3 Å². The van der Waals surface area contributed by atoms with Gasteiger partial charge in [0.2, 0.25) is 5.91 Å². The van der Waals surface area contributed by atoms with Gasteiger partial charge in [-0.25, -0.2) is 4.79 Å². The predicted molar refractivity (Wildman–Crippen MR) is 117 cm³/mol. The molecule has 2 saturated heterocycles. The van der Waals surface area contributed by atoms with Crippen molar-refractivity contribution in [1.82, 2.24) is 24.9 Å². The van der Waals surface area contributed by atoms with Gasteiger partial charge in [-0.15, -0.1) is 0 Å². The second-order valence-electron chi connectivity index (χ2n) is 7.71. The smallest absolute Gasteiger partial charge is 0.409 e. The number of nitrogens with one attached hydrogen (secondary N) is 1. The Morgan fingerprint density at radius 1 is 1.10 bits per heavy atom. The summed E-state index contributed by atoms with van der Waals surface area (Å²) in [4.78, 5) is 27.6. The zero-order valence-electron chi connectivity index (χ0n) is 19.1. The zero-order chi connectivity index (χ0) is 21.9. The molecule has 170 valence electrons. The van der Waals surface area contributed by atoms with E-state index in [9.17, 15) is 9.59 Å². The molecule has 1 atom stereocenters. The number of hydrogen-bond donors (Lipinski definition) is 1. The molecule has 0 aromatic carbocycles. The fourth-order valence-electron chi connectivity index (χ4n) is 4.36. The van der Waals surface area contributed by atoms with Gasteiger partial charge >= 0.3 is 6.09 Å². The van der Waals surface area contributed by atoms with E-state index in [4.69, 9.17) is 4.74 Å². The van der Waals surface area contributed by atoms with Gasteiger partial charge in [0.1, 0.15) is 0 Å². The van der Waals surface area contributed by atoms with Crippen molar-refractivity contribution in [3.63, 3.8) is 0 Å². The first-order valence-corrected chi connectivity index (χ1v) is 11.5. The van der Waals surface area contributed by atoms with E-state index in [1.54, 1.807) is 0 Å². The lowest BCUT2D eigenvalue weighted by Crippen LogP contribution is -2.43. The third kappa shape index (κ3) is 6.72. The first-order valence-electron chi connectivity index (χ1n) is 11.5. The summed E-state index contributed by atoms with van der Waals surface area (Å²) in [7, 11) is 0. The molecule has 0 bridgehead atoms. The maximum atomic E-state index is 12.0. The highest BCUT2D eigenvalue weighted by molar-refractivity contribution is 5.72. The van der Waals surface area contributed by atoms with Crippen molar-refractivity contribution in [3.05, 3.63) is 18.0 Å². The quantitative estimate of drug-likeness (QED) is 0.790. The van der Waals surface area contributed by atoms with Gasteiger partial charge < -0.3 is 19.9 Å². The van der Waals surface area contributed by atoms with Crippen LogP contribution in [0.5, 0.6) is 0 Å². The van der Waals surface area contributed by atoms with E-state index in [0.29, 0.717) is 25.2 Å². The number of nitrogens with zero attached hydrogens (tertiary/aromatic N) is 4. The Labute approximate surface area is 180 Å². The number of amides is 2. The van der Waals surface area contributed by atoms with Crippen molar-refractivity contribution in [3.8, 4) is 0 Å². The Kier molecular flexibility index (Phi) is 10.1. The highest BCUT2D eigenvalue weighted by Crippen LogP contribution is 2.27. The summed E-state index contributed by atoms with van der Waals surface area (Å²) in [5.41, 5.74) is 1.06. The summed E-state index contributed by atoms with van der Waals surface area (Å²) in [5, 5.41) is 7.37. The minimum absolute atomic E-state index is 0.0206. The van der Waals surface area contributed by atoms with Gasteiger partial charge in [-0.1, -0.05) is 13.8 Å². The van der Waals surface area contributed by atoms with Gasteiger partial charge in [0.25, 0.3) is 0 Å². The van der Waals surface area contributed by atoms with Crippen molar-refractivity contribution in [2.24, 2.45) is 0 Å².